The minimum absolute atomic E-state index is 0.0561. The number of carbonyl (C=O) groups excluding carboxylic acids is 1. The van der Waals surface area contributed by atoms with Crippen molar-refractivity contribution in [3.8, 4) is 0 Å². The van der Waals surface area contributed by atoms with E-state index < -0.39 is 0 Å². The maximum atomic E-state index is 12.3. The molecule has 2 aliphatic rings. The number of amides is 1. The largest absolute Gasteiger partial charge is 0.378 e. The van der Waals surface area contributed by atoms with E-state index in [1.54, 1.807) is 0 Å². The Labute approximate surface area is 97.1 Å². The summed E-state index contributed by atoms with van der Waals surface area (Å²) in [5.41, 5.74) is 6.11. The van der Waals surface area contributed by atoms with Gasteiger partial charge in [-0.25, -0.2) is 0 Å². The smallest absolute Gasteiger partial charge is 0.227 e. The first-order valence-electron chi connectivity index (χ1n) is 6.41. The van der Waals surface area contributed by atoms with Gasteiger partial charge in [-0.2, -0.15) is 0 Å². The molecule has 1 aliphatic carbocycles. The van der Waals surface area contributed by atoms with Crippen LogP contribution in [-0.4, -0.2) is 43.2 Å². The summed E-state index contributed by atoms with van der Waals surface area (Å²) in [6.45, 7) is 2.82. The van der Waals surface area contributed by atoms with E-state index in [1.807, 2.05) is 4.90 Å². The maximum absolute atomic E-state index is 12.3. The summed E-state index contributed by atoms with van der Waals surface area (Å²) in [4.78, 5) is 14.2. The van der Waals surface area contributed by atoms with Gasteiger partial charge in [0.05, 0.1) is 19.1 Å². The molecule has 1 saturated carbocycles. The van der Waals surface area contributed by atoms with Crippen LogP contribution in [0.3, 0.4) is 0 Å². The summed E-state index contributed by atoms with van der Waals surface area (Å²) < 4.78 is 5.26. The van der Waals surface area contributed by atoms with Crippen molar-refractivity contribution < 1.29 is 9.53 Å². The number of morpholine rings is 1. The lowest BCUT2D eigenvalue weighted by atomic mass is 9.94. The van der Waals surface area contributed by atoms with Crippen LogP contribution in [-0.2, 0) is 9.53 Å². The molecule has 1 amide bonds. The zero-order valence-electron chi connectivity index (χ0n) is 9.86. The van der Waals surface area contributed by atoms with E-state index in [2.05, 4.69) is 0 Å². The van der Waals surface area contributed by atoms with Crippen LogP contribution in [0.4, 0.5) is 0 Å². The van der Waals surface area contributed by atoms with Crippen LogP contribution in [0, 0.1) is 5.92 Å². The van der Waals surface area contributed by atoms with E-state index in [9.17, 15) is 4.79 Å². The predicted molar refractivity (Wildman–Crippen MR) is 61.9 cm³/mol. The third-order valence-corrected chi connectivity index (χ3v) is 3.71. The molecule has 4 nitrogen and oxygen atoms in total. The Morgan fingerprint density at radius 1 is 1.12 bits per heavy atom. The molecule has 1 aliphatic heterocycles. The Balaban J connectivity index is 1.95. The minimum Gasteiger partial charge on any atom is -0.378 e. The van der Waals surface area contributed by atoms with Crippen LogP contribution in [0.15, 0.2) is 0 Å². The molecule has 0 spiro atoms. The molecule has 0 radical (unpaired) electrons. The van der Waals surface area contributed by atoms with Crippen molar-refractivity contribution in [2.75, 3.05) is 26.3 Å². The van der Waals surface area contributed by atoms with Gasteiger partial charge in [-0.3, -0.25) is 4.79 Å². The Kier molecular flexibility index (Phi) is 4.18. The molecule has 2 unspecified atom stereocenters. The highest BCUT2D eigenvalue weighted by Gasteiger charge is 2.31. The van der Waals surface area contributed by atoms with Crippen LogP contribution >= 0.6 is 0 Å². The van der Waals surface area contributed by atoms with Gasteiger partial charge in [0.25, 0.3) is 0 Å². The second kappa shape index (κ2) is 5.64. The van der Waals surface area contributed by atoms with Crippen molar-refractivity contribution in [2.24, 2.45) is 11.7 Å². The first-order chi connectivity index (χ1) is 7.79. The zero-order chi connectivity index (χ0) is 11.4. The van der Waals surface area contributed by atoms with Gasteiger partial charge in [-0.15, -0.1) is 0 Å². The first-order valence-corrected chi connectivity index (χ1v) is 6.41. The molecule has 16 heavy (non-hydrogen) atoms. The Hall–Kier alpha value is -0.610. The highest BCUT2D eigenvalue weighted by atomic mass is 16.5. The van der Waals surface area contributed by atoms with E-state index in [0.29, 0.717) is 13.2 Å². The number of carbonyl (C=O) groups is 1. The molecule has 1 heterocycles. The van der Waals surface area contributed by atoms with Crippen molar-refractivity contribution in [2.45, 2.75) is 38.1 Å². The van der Waals surface area contributed by atoms with Gasteiger partial charge in [-0.1, -0.05) is 19.3 Å². The highest BCUT2D eigenvalue weighted by molar-refractivity contribution is 5.79. The number of nitrogens with two attached hydrogens (primary N) is 1. The van der Waals surface area contributed by atoms with E-state index in [4.69, 9.17) is 10.5 Å². The van der Waals surface area contributed by atoms with E-state index in [0.717, 1.165) is 32.4 Å². The van der Waals surface area contributed by atoms with Gasteiger partial charge < -0.3 is 15.4 Å². The molecule has 0 aromatic carbocycles. The highest BCUT2D eigenvalue weighted by Crippen LogP contribution is 2.24. The molecule has 0 aromatic heterocycles. The van der Waals surface area contributed by atoms with Crippen LogP contribution in [0.5, 0.6) is 0 Å². The van der Waals surface area contributed by atoms with Crippen LogP contribution in [0.1, 0.15) is 32.1 Å². The molecular weight excluding hydrogens is 204 g/mol. The van der Waals surface area contributed by atoms with E-state index in [1.165, 1.54) is 12.8 Å². The van der Waals surface area contributed by atoms with Crippen molar-refractivity contribution in [1.29, 1.82) is 0 Å². The standard InChI is InChI=1S/C12H22N2O2/c13-11-5-3-1-2-4-10(11)12(15)14-6-8-16-9-7-14/h10-11H,1-9,13H2. The van der Waals surface area contributed by atoms with Crippen LogP contribution in [0.2, 0.25) is 0 Å². The summed E-state index contributed by atoms with van der Waals surface area (Å²) in [5.74, 6) is 0.318. The second-order valence-electron chi connectivity index (χ2n) is 4.85. The minimum atomic E-state index is 0.0561. The quantitative estimate of drug-likeness (QED) is 0.671. The number of hydrogen-bond donors (Lipinski definition) is 1. The number of nitrogens with zero attached hydrogens (tertiary/aromatic N) is 1. The van der Waals surface area contributed by atoms with Gasteiger partial charge in [0.15, 0.2) is 0 Å². The summed E-state index contributed by atoms with van der Waals surface area (Å²) in [5, 5.41) is 0. The number of hydrogen-bond acceptors (Lipinski definition) is 3. The molecule has 2 atom stereocenters. The van der Waals surface area contributed by atoms with Crippen molar-refractivity contribution in [3.05, 3.63) is 0 Å². The molecule has 2 fully saturated rings. The van der Waals surface area contributed by atoms with E-state index >= 15 is 0 Å². The van der Waals surface area contributed by atoms with Gasteiger partial charge in [-0.05, 0) is 12.8 Å². The van der Waals surface area contributed by atoms with Gasteiger partial charge in [0, 0.05) is 19.1 Å². The maximum Gasteiger partial charge on any atom is 0.227 e. The predicted octanol–water partition coefficient (Wildman–Crippen LogP) is 0.753. The summed E-state index contributed by atoms with van der Waals surface area (Å²) >= 11 is 0. The fourth-order valence-electron chi connectivity index (χ4n) is 2.66. The Bertz CT molecular complexity index is 239. The van der Waals surface area contributed by atoms with Crippen molar-refractivity contribution >= 4 is 5.91 Å². The monoisotopic (exact) mass is 226 g/mol. The van der Waals surface area contributed by atoms with Gasteiger partial charge >= 0.3 is 0 Å². The topological polar surface area (TPSA) is 55.6 Å². The van der Waals surface area contributed by atoms with Crippen molar-refractivity contribution in [1.82, 2.24) is 4.90 Å². The lowest BCUT2D eigenvalue weighted by Gasteiger charge is -2.32. The Morgan fingerprint density at radius 3 is 2.56 bits per heavy atom. The fraction of sp³-hybridized carbons (Fsp3) is 0.917. The molecule has 2 N–H and O–H groups in total. The molecule has 0 aromatic rings. The average Bonchev–Trinajstić information content (AvgIpc) is 2.54. The average molecular weight is 226 g/mol. The van der Waals surface area contributed by atoms with Gasteiger partial charge in [0.2, 0.25) is 5.91 Å². The molecule has 4 heteroatoms. The molecule has 92 valence electrons. The lowest BCUT2D eigenvalue weighted by molar-refractivity contribution is -0.140. The summed E-state index contributed by atoms with van der Waals surface area (Å²) in [7, 11) is 0. The second-order valence-corrected chi connectivity index (χ2v) is 4.85. The fourth-order valence-corrected chi connectivity index (χ4v) is 2.66. The van der Waals surface area contributed by atoms with E-state index in [-0.39, 0.29) is 17.9 Å². The number of ether oxygens (including phenoxy) is 1. The third-order valence-electron chi connectivity index (χ3n) is 3.71. The van der Waals surface area contributed by atoms with Gasteiger partial charge in [0.1, 0.15) is 0 Å². The van der Waals surface area contributed by atoms with Crippen LogP contribution < -0.4 is 5.73 Å². The molecular formula is C12H22N2O2. The third kappa shape index (κ3) is 2.74. The SMILES string of the molecule is NC1CCCCCC1C(=O)N1CCOCC1. The molecule has 1 saturated heterocycles. The molecule has 2 rings (SSSR count). The zero-order valence-corrected chi connectivity index (χ0v) is 9.86. The summed E-state index contributed by atoms with van der Waals surface area (Å²) in [6, 6.07) is 0.0674. The number of rotatable bonds is 1. The summed E-state index contributed by atoms with van der Waals surface area (Å²) in [6.07, 6.45) is 5.52. The van der Waals surface area contributed by atoms with Crippen molar-refractivity contribution in [3.63, 3.8) is 0 Å². The molecule has 0 bridgehead atoms. The normalized spacial score (nSPS) is 32.2. The lowest BCUT2D eigenvalue weighted by Crippen LogP contribution is -2.48. The van der Waals surface area contributed by atoms with Crippen LogP contribution in [0.25, 0.3) is 0 Å². The first kappa shape index (κ1) is 11.9. The Morgan fingerprint density at radius 2 is 1.81 bits per heavy atom.